The van der Waals surface area contributed by atoms with Crippen LogP contribution in [0, 0.1) is 0 Å². The van der Waals surface area contributed by atoms with Crippen molar-refractivity contribution in [3.8, 4) is 10.6 Å². The summed E-state index contributed by atoms with van der Waals surface area (Å²) >= 11 is 1.74. The topological polar surface area (TPSA) is 121 Å². The van der Waals surface area contributed by atoms with Crippen molar-refractivity contribution < 1.29 is 45.8 Å². The van der Waals surface area contributed by atoms with Crippen molar-refractivity contribution in [1.82, 2.24) is 20.6 Å². The van der Waals surface area contributed by atoms with Crippen LogP contribution in [-0.4, -0.2) is 57.0 Å². The third-order valence-corrected chi connectivity index (χ3v) is 7.72. The van der Waals surface area contributed by atoms with E-state index in [1.807, 2.05) is 0 Å². The summed E-state index contributed by atoms with van der Waals surface area (Å²) in [6.07, 6.45) is -9.44. The number of hydrogen-bond acceptors (Lipinski definition) is 8. The second-order valence-electron chi connectivity index (χ2n) is 9.33. The molecule has 0 saturated carbocycles. The van der Waals surface area contributed by atoms with Crippen LogP contribution in [-0.2, 0) is 11.0 Å². The lowest BCUT2D eigenvalue weighted by atomic mass is 10.0. The van der Waals surface area contributed by atoms with Gasteiger partial charge >= 0.3 is 12.4 Å². The molecule has 3 aromatic rings. The Morgan fingerprint density at radius 1 is 1.00 bits per heavy atom. The largest absolute Gasteiger partial charge is 0.416 e. The Bertz CT molecular complexity index is 1360. The number of nitrogens with one attached hydrogen (secondary N) is 2. The maximum absolute atomic E-state index is 13.2. The highest BCUT2D eigenvalue weighted by Crippen LogP contribution is 2.33. The van der Waals surface area contributed by atoms with E-state index in [0.717, 1.165) is 41.0 Å². The lowest BCUT2D eigenvalue weighted by Gasteiger charge is -2.23. The van der Waals surface area contributed by atoms with Crippen LogP contribution in [0.2, 0.25) is 0 Å². The molecule has 0 radical (unpaired) electrons. The molecule has 1 aromatic carbocycles. The molecule has 2 heterocycles. The van der Waals surface area contributed by atoms with Gasteiger partial charge in [0.2, 0.25) is 11.7 Å². The molecule has 0 aliphatic heterocycles. The second-order valence-corrected chi connectivity index (χ2v) is 11.3. The number of halogens is 6. The minimum Gasteiger partial charge on any atom is -0.393 e. The van der Waals surface area contributed by atoms with E-state index < -0.39 is 66.5 Å². The predicted octanol–water partition coefficient (Wildman–Crippen LogP) is 5.65. The number of benzene rings is 1. The first-order valence-corrected chi connectivity index (χ1v) is 14.3. The van der Waals surface area contributed by atoms with Crippen molar-refractivity contribution >= 4 is 40.3 Å². The van der Waals surface area contributed by atoms with Gasteiger partial charge < -0.3 is 15.7 Å². The van der Waals surface area contributed by atoms with Crippen LogP contribution in [0.4, 0.5) is 26.3 Å². The van der Waals surface area contributed by atoms with Crippen molar-refractivity contribution in [2.24, 2.45) is 0 Å². The zero-order valence-electron chi connectivity index (χ0n) is 22.0. The Morgan fingerprint density at radius 2 is 1.74 bits per heavy atom. The van der Waals surface area contributed by atoms with Crippen molar-refractivity contribution in [3.05, 3.63) is 57.5 Å². The molecule has 1 unspecified atom stereocenters. The molecule has 0 bridgehead atoms. The van der Waals surface area contributed by atoms with Gasteiger partial charge in [0.15, 0.2) is 5.01 Å². The number of aliphatic hydroxyl groups excluding tert-OH is 1. The maximum atomic E-state index is 13.2. The smallest absolute Gasteiger partial charge is 0.393 e. The highest BCUT2D eigenvalue weighted by atomic mass is 32.1. The molecule has 3 rings (SSSR count). The third kappa shape index (κ3) is 9.87. The molecule has 42 heavy (non-hydrogen) atoms. The zero-order valence-corrected chi connectivity index (χ0v) is 23.6. The van der Waals surface area contributed by atoms with Crippen LogP contribution in [0.3, 0.4) is 0 Å². The monoisotopic (exact) mass is 636 g/mol. The van der Waals surface area contributed by atoms with E-state index in [0.29, 0.717) is 0 Å². The number of nitrogens with zero attached hydrogens (tertiary/aromatic N) is 2. The van der Waals surface area contributed by atoms with Gasteiger partial charge in [-0.3, -0.25) is 14.4 Å². The Hall–Kier alpha value is -3.37. The molecule has 0 spiro atoms. The summed E-state index contributed by atoms with van der Waals surface area (Å²) in [5.41, 5.74) is -0.771. The number of aromatic nitrogens is 2. The first kappa shape index (κ1) is 33.1. The molecular weight excluding hydrogens is 610 g/mol. The maximum Gasteiger partial charge on any atom is 0.416 e. The standard InChI is InChI=1S/C26H26F6N4O4S2/c1-14(37)7-8-18(21(39)35-17(6-3-9-25(27,28)29)20(38)24-33-10-11-41-24)36-22(40)19-13-34-23(42-19)15-4-2-5-16(12-15)26(30,31)32/h2,4-5,10-14,17-18,37H,3,6-9H2,1H3,(H,35,39)(H,36,40)/t14?,17-,18-/m0/s1. The van der Waals surface area contributed by atoms with Gasteiger partial charge in [-0.05, 0) is 44.7 Å². The van der Waals surface area contributed by atoms with E-state index in [1.54, 1.807) is 0 Å². The van der Waals surface area contributed by atoms with E-state index in [2.05, 4.69) is 20.6 Å². The summed E-state index contributed by atoms with van der Waals surface area (Å²) in [6, 6.07) is 1.72. The summed E-state index contributed by atoms with van der Waals surface area (Å²) in [5, 5.41) is 16.2. The molecule has 16 heteroatoms. The molecule has 228 valence electrons. The molecule has 0 aliphatic carbocycles. The Kier molecular flexibility index (Phi) is 11.2. The van der Waals surface area contributed by atoms with Gasteiger partial charge in [0, 0.05) is 23.6 Å². The van der Waals surface area contributed by atoms with Gasteiger partial charge in [0.25, 0.3) is 5.91 Å². The van der Waals surface area contributed by atoms with E-state index in [1.165, 1.54) is 30.6 Å². The predicted molar refractivity (Wildman–Crippen MR) is 143 cm³/mol. The zero-order chi connectivity index (χ0) is 31.1. The Morgan fingerprint density at radius 3 is 2.36 bits per heavy atom. The Labute approximate surface area is 244 Å². The first-order chi connectivity index (χ1) is 19.6. The number of ketones is 1. The van der Waals surface area contributed by atoms with E-state index >= 15 is 0 Å². The van der Waals surface area contributed by atoms with Gasteiger partial charge in [-0.25, -0.2) is 9.97 Å². The number of amides is 2. The average molecular weight is 637 g/mol. The molecule has 2 aromatic heterocycles. The second kappa shape index (κ2) is 14.2. The third-order valence-electron chi connectivity index (χ3n) is 5.89. The fourth-order valence-electron chi connectivity index (χ4n) is 3.79. The van der Waals surface area contributed by atoms with E-state index in [-0.39, 0.29) is 39.7 Å². The van der Waals surface area contributed by atoms with Gasteiger partial charge in [-0.1, -0.05) is 12.1 Å². The van der Waals surface area contributed by atoms with Crippen LogP contribution < -0.4 is 10.6 Å². The molecule has 3 N–H and O–H groups in total. The average Bonchev–Trinajstić information content (AvgIpc) is 3.62. The minimum absolute atomic E-state index is 0.0105. The molecule has 0 saturated heterocycles. The molecule has 3 atom stereocenters. The van der Waals surface area contributed by atoms with Gasteiger partial charge in [-0.15, -0.1) is 22.7 Å². The highest BCUT2D eigenvalue weighted by Gasteiger charge is 2.33. The number of carbonyl (C=O) groups is 3. The van der Waals surface area contributed by atoms with E-state index in [4.69, 9.17) is 0 Å². The van der Waals surface area contributed by atoms with Gasteiger partial charge in [0.1, 0.15) is 15.9 Å². The number of rotatable bonds is 13. The lowest BCUT2D eigenvalue weighted by molar-refractivity contribution is -0.138. The fraction of sp³-hybridized carbons (Fsp3) is 0.423. The molecule has 8 nitrogen and oxygen atoms in total. The molecular formula is C26H26F6N4O4S2. The van der Waals surface area contributed by atoms with E-state index in [9.17, 15) is 45.8 Å². The fourth-order valence-corrected chi connectivity index (χ4v) is 5.24. The molecule has 0 aliphatic rings. The normalized spacial score (nSPS) is 14.2. The van der Waals surface area contributed by atoms with Gasteiger partial charge in [-0.2, -0.15) is 26.3 Å². The number of alkyl halides is 6. The van der Waals surface area contributed by atoms with Gasteiger partial charge in [0.05, 0.1) is 23.9 Å². The minimum atomic E-state index is -4.58. The number of Topliss-reactive ketones (excluding diaryl/α,β-unsaturated/α-hetero) is 1. The van der Waals surface area contributed by atoms with Crippen LogP contribution in [0.15, 0.2) is 42.0 Å². The summed E-state index contributed by atoms with van der Waals surface area (Å²) in [4.78, 5) is 47.0. The lowest BCUT2D eigenvalue weighted by Crippen LogP contribution is -2.51. The summed E-state index contributed by atoms with van der Waals surface area (Å²) < 4.78 is 77.5. The number of thiazole rings is 2. The highest BCUT2D eigenvalue weighted by molar-refractivity contribution is 7.16. The van der Waals surface area contributed by atoms with Crippen LogP contribution >= 0.6 is 22.7 Å². The van der Waals surface area contributed by atoms with Crippen LogP contribution in [0.5, 0.6) is 0 Å². The molecule has 0 fully saturated rings. The number of aliphatic hydroxyl groups is 1. The quantitative estimate of drug-likeness (QED) is 0.165. The van der Waals surface area contributed by atoms with Crippen molar-refractivity contribution in [1.29, 1.82) is 0 Å². The van der Waals surface area contributed by atoms with Crippen molar-refractivity contribution in [2.75, 3.05) is 0 Å². The Balaban J connectivity index is 1.77. The van der Waals surface area contributed by atoms with Crippen molar-refractivity contribution in [3.63, 3.8) is 0 Å². The van der Waals surface area contributed by atoms with Crippen LogP contribution in [0.1, 0.15) is 64.1 Å². The summed E-state index contributed by atoms with van der Waals surface area (Å²) in [7, 11) is 0. The van der Waals surface area contributed by atoms with Crippen LogP contribution in [0.25, 0.3) is 10.6 Å². The SMILES string of the molecule is CC(O)CC[C@H](NC(=O)c1cnc(-c2cccc(C(F)(F)F)c2)s1)C(=O)N[C@@H](CCCC(F)(F)F)C(=O)c1nccs1. The number of carbonyl (C=O) groups excluding carboxylic acids is 3. The molecule has 2 amide bonds. The first-order valence-electron chi connectivity index (χ1n) is 12.6. The summed E-state index contributed by atoms with van der Waals surface area (Å²) in [5.74, 6) is -2.35. The van der Waals surface area contributed by atoms with Crippen molar-refractivity contribution in [2.45, 2.75) is 69.6 Å². The summed E-state index contributed by atoms with van der Waals surface area (Å²) in [6.45, 7) is 1.45. The number of hydrogen-bond donors (Lipinski definition) is 3.